The lowest BCUT2D eigenvalue weighted by Gasteiger charge is -2.16. The Bertz CT molecular complexity index is 657. The number of halogens is 3. The van der Waals surface area contributed by atoms with Crippen molar-refractivity contribution in [2.45, 2.75) is 13.1 Å². The molecule has 0 saturated heterocycles. The van der Waals surface area contributed by atoms with Crippen molar-refractivity contribution in [1.82, 2.24) is 4.57 Å². The maximum Gasteiger partial charge on any atom is 0.431 e. The Morgan fingerprint density at radius 3 is 2.21 bits per heavy atom. The van der Waals surface area contributed by atoms with Crippen LogP contribution in [0.4, 0.5) is 18.9 Å². The van der Waals surface area contributed by atoms with Gasteiger partial charge < -0.3 is 5.73 Å². The third-order valence-electron chi connectivity index (χ3n) is 2.64. The van der Waals surface area contributed by atoms with Crippen LogP contribution in [-0.4, -0.2) is 4.57 Å². The van der Waals surface area contributed by atoms with Gasteiger partial charge in [-0.25, -0.2) is 0 Å². The van der Waals surface area contributed by atoms with Crippen molar-refractivity contribution in [3.8, 4) is 5.69 Å². The number of rotatable bonds is 1. The van der Waals surface area contributed by atoms with Crippen molar-refractivity contribution in [3.63, 3.8) is 0 Å². The molecule has 2 N–H and O–H groups in total. The molecule has 0 atom stereocenters. The Balaban J connectivity index is 2.75. The fourth-order valence-corrected chi connectivity index (χ4v) is 1.76. The first kappa shape index (κ1) is 13.2. The number of anilines is 1. The molecule has 1 heterocycles. The molecule has 0 amide bonds. The molecule has 1 aromatic carbocycles. The Labute approximate surface area is 107 Å². The summed E-state index contributed by atoms with van der Waals surface area (Å²) in [7, 11) is 0. The predicted octanol–water partition coefficient (Wildman–Crippen LogP) is 2.75. The number of aromatic nitrogens is 1. The first-order valence-corrected chi connectivity index (χ1v) is 5.46. The van der Waals surface area contributed by atoms with E-state index in [2.05, 4.69) is 0 Å². The van der Waals surface area contributed by atoms with Crippen molar-refractivity contribution < 1.29 is 13.2 Å². The number of pyridine rings is 1. The maximum absolute atomic E-state index is 13.0. The standard InChI is InChI=1S/C13H11F3N2O/c1-8-2-4-10(5-3-8)18-11(13(14,15)16)6-9(17)7-12(18)19/h2-7H,17H2,1H3. The zero-order valence-electron chi connectivity index (χ0n) is 10.0. The van der Waals surface area contributed by atoms with Gasteiger partial charge in [0.15, 0.2) is 0 Å². The van der Waals surface area contributed by atoms with Crippen molar-refractivity contribution >= 4 is 5.69 Å². The lowest BCUT2D eigenvalue weighted by molar-refractivity contribution is -0.142. The lowest BCUT2D eigenvalue weighted by Crippen LogP contribution is -2.26. The Kier molecular flexibility index (Phi) is 3.09. The molecule has 2 rings (SSSR count). The van der Waals surface area contributed by atoms with Crippen LogP contribution in [-0.2, 0) is 6.18 Å². The number of alkyl halides is 3. The molecular weight excluding hydrogens is 257 g/mol. The third kappa shape index (κ3) is 2.62. The van der Waals surface area contributed by atoms with Gasteiger partial charge >= 0.3 is 6.18 Å². The lowest BCUT2D eigenvalue weighted by atomic mass is 10.2. The summed E-state index contributed by atoms with van der Waals surface area (Å²) in [5.41, 5.74) is 4.26. The van der Waals surface area contributed by atoms with E-state index in [4.69, 9.17) is 5.73 Å². The van der Waals surface area contributed by atoms with Crippen molar-refractivity contribution in [2.24, 2.45) is 0 Å². The maximum atomic E-state index is 13.0. The van der Waals surface area contributed by atoms with Gasteiger partial charge in [-0.15, -0.1) is 0 Å². The molecule has 6 heteroatoms. The van der Waals surface area contributed by atoms with E-state index in [9.17, 15) is 18.0 Å². The van der Waals surface area contributed by atoms with Gasteiger partial charge in [-0.3, -0.25) is 9.36 Å². The summed E-state index contributed by atoms with van der Waals surface area (Å²) in [4.78, 5) is 11.8. The van der Waals surface area contributed by atoms with Gasteiger partial charge in [0, 0.05) is 17.4 Å². The number of hydrogen-bond donors (Lipinski definition) is 1. The van der Waals surface area contributed by atoms with Gasteiger partial charge in [-0.05, 0) is 25.1 Å². The predicted molar refractivity (Wildman–Crippen MR) is 66.2 cm³/mol. The summed E-state index contributed by atoms with van der Waals surface area (Å²) in [5, 5.41) is 0. The second-order valence-corrected chi connectivity index (χ2v) is 4.18. The second-order valence-electron chi connectivity index (χ2n) is 4.18. The fraction of sp³-hybridized carbons (Fsp3) is 0.154. The van der Waals surface area contributed by atoms with Gasteiger partial charge in [0.05, 0.1) is 0 Å². The van der Waals surface area contributed by atoms with Crippen molar-refractivity contribution in [3.05, 3.63) is 58.0 Å². The number of nitrogens with zero attached hydrogens (tertiary/aromatic N) is 1. The average Bonchev–Trinajstić information content (AvgIpc) is 2.28. The summed E-state index contributed by atoms with van der Waals surface area (Å²) in [6.45, 7) is 1.81. The van der Waals surface area contributed by atoms with E-state index in [0.29, 0.717) is 4.57 Å². The smallest absolute Gasteiger partial charge is 0.399 e. The van der Waals surface area contributed by atoms with E-state index in [0.717, 1.165) is 17.7 Å². The highest BCUT2D eigenvalue weighted by atomic mass is 19.4. The minimum Gasteiger partial charge on any atom is -0.399 e. The molecule has 19 heavy (non-hydrogen) atoms. The van der Waals surface area contributed by atoms with Crippen LogP contribution in [0.5, 0.6) is 0 Å². The van der Waals surface area contributed by atoms with Crippen LogP contribution in [0, 0.1) is 6.92 Å². The van der Waals surface area contributed by atoms with E-state index in [-0.39, 0.29) is 11.4 Å². The van der Waals surface area contributed by atoms with Gasteiger partial charge in [0.1, 0.15) is 5.69 Å². The number of benzene rings is 1. The Hall–Kier alpha value is -2.24. The molecule has 0 radical (unpaired) electrons. The van der Waals surface area contributed by atoms with Crippen LogP contribution in [0.3, 0.4) is 0 Å². The SMILES string of the molecule is Cc1ccc(-n2c(C(F)(F)F)cc(N)cc2=O)cc1. The van der Waals surface area contributed by atoms with E-state index >= 15 is 0 Å². The summed E-state index contributed by atoms with van der Waals surface area (Å²) >= 11 is 0. The molecule has 2 aromatic rings. The second kappa shape index (κ2) is 4.46. The zero-order chi connectivity index (χ0) is 14.2. The van der Waals surface area contributed by atoms with E-state index in [1.165, 1.54) is 12.1 Å². The summed E-state index contributed by atoms with van der Waals surface area (Å²) in [5.74, 6) is 0. The number of hydrogen-bond acceptors (Lipinski definition) is 2. The van der Waals surface area contributed by atoms with Crippen LogP contribution in [0.25, 0.3) is 5.69 Å². The first-order chi connectivity index (χ1) is 8.79. The Morgan fingerprint density at radius 1 is 1.11 bits per heavy atom. The number of nitrogen functional groups attached to an aromatic ring is 1. The Morgan fingerprint density at radius 2 is 1.68 bits per heavy atom. The molecule has 0 unspecified atom stereocenters. The van der Waals surface area contributed by atoms with Crippen molar-refractivity contribution in [1.29, 1.82) is 0 Å². The largest absolute Gasteiger partial charge is 0.431 e. The monoisotopic (exact) mass is 268 g/mol. The van der Waals surface area contributed by atoms with Crippen LogP contribution in [0.15, 0.2) is 41.2 Å². The minimum absolute atomic E-state index is 0.155. The molecule has 100 valence electrons. The normalized spacial score (nSPS) is 11.6. The highest BCUT2D eigenvalue weighted by Crippen LogP contribution is 2.30. The van der Waals surface area contributed by atoms with Crippen LogP contribution in [0.1, 0.15) is 11.3 Å². The molecule has 3 nitrogen and oxygen atoms in total. The molecule has 0 fully saturated rings. The fourth-order valence-electron chi connectivity index (χ4n) is 1.76. The van der Waals surface area contributed by atoms with Gasteiger partial charge in [-0.2, -0.15) is 13.2 Å². The molecule has 0 saturated carbocycles. The molecule has 0 spiro atoms. The van der Waals surface area contributed by atoms with E-state index in [1.54, 1.807) is 19.1 Å². The molecule has 0 bridgehead atoms. The molecule has 1 aromatic heterocycles. The summed E-state index contributed by atoms with van der Waals surface area (Å²) < 4.78 is 39.5. The van der Waals surface area contributed by atoms with Crippen LogP contribution < -0.4 is 11.3 Å². The van der Waals surface area contributed by atoms with E-state index < -0.39 is 17.4 Å². The molecule has 0 aliphatic rings. The number of nitrogens with two attached hydrogens (primary N) is 1. The summed E-state index contributed by atoms with van der Waals surface area (Å²) in [6, 6.07) is 7.91. The topological polar surface area (TPSA) is 48.0 Å². The summed E-state index contributed by atoms with van der Waals surface area (Å²) in [6.07, 6.45) is -4.65. The molecular formula is C13H11F3N2O. The average molecular weight is 268 g/mol. The molecule has 0 aliphatic carbocycles. The number of aryl methyl sites for hydroxylation is 1. The van der Waals surface area contributed by atoms with Crippen LogP contribution in [0.2, 0.25) is 0 Å². The molecule has 0 aliphatic heterocycles. The van der Waals surface area contributed by atoms with Crippen molar-refractivity contribution in [2.75, 3.05) is 5.73 Å². The highest BCUT2D eigenvalue weighted by Gasteiger charge is 2.35. The first-order valence-electron chi connectivity index (χ1n) is 5.46. The van der Waals surface area contributed by atoms with Gasteiger partial charge in [0.2, 0.25) is 0 Å². The highest BCUT2D eigenvalue weighted by molar-refractivity contribution is 5.44. The minimum atomic E-state index is -4.65. The third-order valence-corrected chi connectivity index (χ3v) is 2.64. The van der Waals surface area contributed by atoms with Gasteiger partial charge in [0.25, 0.3) is 5.56 Å². The van der Waals surface area contributed by atoms with E-state index in [1.807, 2.05) is 0 Å². The quantitative estimate of drug-likeness (QED) is 0.864. The van der Waals surface area contributed by atoms with Crippen LogP contribution >= 0.6 is 0 Å². The zero-order valence-corrected chi connectivity index (χ0v) is 10.0. The van der Waals surface area contributed by atoms with Gasteiger partial charge in [-0.1, -0.05) is 17.7 Å².